The van der Waals surface area contributed by atoms with Crippen molar-refractivity contribution in [3.8, 4) is 0 Å². The number of ether oxygens (including phenoxy) is 1. The van der Waals surface area contributed by atoms with Crippen LogP contribution in [0.3, 0.4) is 0 Å². The third-order valence-electron chi connectivity index (χ3n) is 4.90. The summed E-state index contributed by atoms with van der Waals surface area (Å²) in [6, 6.07) is 7.70. The van der Waals surface area contributed by atoms with Crippen LogP contribution in [0.1, 0.15) is 38.2 Å². The van der Waals surface area contributed by atoms with Gasteiger partial charge in [0.1, 0.15) is 0 Å². The van der Waals surface area contributed by atoms with E-state index in [1.807, 2.05) is 24.3 Å². The predicted octanol–water partition coefficient (Wildman–Crippen LogP) is 0.958. The average molecular weight is 389 g/mol. The molecule has 1 aliphatic rings. The summed E-state index contributed by atoms with van der Waals surface area (Å²) >= 11 is 0. The molecule has 3 amide bonds. The van der Waals surface area contributed by atoms with Gasteiger partial charge in [-0.2, -0.15) is 0 Å². The number of esters is 1. The van der Waals surface area contributed by atoms with E-state index in [0.717, 1.165) is 17.7 Å². The lowest BCUT2D eigenvalue weighted by Crippen LogP contribution is -2.37. The number of likely N-dealkylation sites (N-methyl/N-ethyl adjacent to an activating group) is 1. The zero-order valence-corrected chi connectivity index (χ0v) is 16.5. The molecule has 2 rings (SSSR count). The second-order valence-electron chi connectivity index (χ2n) is 6.83. The fraction of sp³-hybridized carbons (Fsp3) is 0.500. The van der Waals surface area contributed by atoms with Gasteiger partial charge in [-0.3, -0.25) is 19.2 Å². The quantitative estimate of drug-likeness (QED) is 0.645. The zero-order valence-electron chi connectivity index (χ0n) is 16.5. The van der Waals surface area contributed by atoms with Crippen molar-refractivity contribution in [1.82, 2.24) is 10.6 Å². The molecule has 8 heteroatoms. The molecule has 0 unspecified atom stereocenters. The van der Waals surface area contributed by atoms with Crippen LogP contribution in [0.4, 0.5) is 5.69 Å². The van der Waals surface area contributed by atoms with Crippen molar-refractivity contribution in [2.45, 2.75) is 32.6 Å². The molecule has 0 radical (unpaired) electrons. The van der Waals surface area contributed by atoms with Crippen LogP contribution in [-0.4, -0.2) is 50.4 Å². The highest BCUT2D eigenvalue weighted by Gasteiger charge is 2.37. The van der Waals surface area contributed by atoms with E-state index >= 15 is 0 Å². The van der Waals surface area contributed by atoms with Crippen molar-refractivity contribution < 1.29 is 23.9 Å². The maximum atomic E-state index is 12.5. The van der Waals surface area contributed by atoms with Gasteiger partial charge < -0.3 is 20.3 Å². The third kappa shape index (κ3) is 5.31. The van der Waals surface area contributed by atoms with Crippen LogP contribution in [-0.2, 0) is 23.9 Å². The summed E-state index contributed by atoms with van der Waals surface area (Å²) in [7, 11) is 1.46. The Labute approximate surface area is 164 Å². The Kier molecular flexibility index (Phi) is 7.54. The molecule has 0 bridgehead atoms. The Morgan fingerprint density at radius 1 is 1.25 bits per heavy atom. The molecule has 1 fully saturated rings. The van der Waals surface area contributed by atoms with E-state index in [9.17, 15) is 19.2 Å². The van der Waals surface area contributed by atoms with Crippen LogP contribution < -0.4 is 15.5 Å². The van der Waals surface area contributed by atoms with Gasteiger partial charge in [0.05, 0.1) is 12.5 Å². The van der Waals surface area contributed by atoms with Gasteiger partial charge in [-0.1, -0.05) is 32.0 Å². The second kappa shape index (κ2) is 9.87. The van der Waals surface area contributed by atoms with Gasteiger partial charge in [0, 0.05) is 25.7 Å². The van der Waals surface area contributed by atoms with Gasteiger partial charge in [0.2, 0.25) is 11.8 Å². The molecular weight excluding hydrogens is 362 g/mol. The topological polar surface area (TPSA) is 105 Å². The first-order valence-electron chi connectivity index (χ1n) is 9.40. The summed E-state index contributed by atoms with van der Waals surface area (Å²) in [5, 5.41) is 4.71. The van der Waals surface area contributed by atoms with Crippen molar-refractivity contribution in [1.29, 1.82) is 0 Å². The number of rotatable bonds is 8. The lowest BCUT2D eigenvalue weighted by molar-refractivity contribution is -0.152. The molecular formula is C20H27N3O5. The fourth-order valence-corrected chi connectivity index (χ4v) is 3.04. The van der Waals surface area contributed by atoms with Crippen LogP contribution in [0.15, 0.2) is 24.3 Å². The number of nitrogens with one attached hydrogen (secondary N) is 2. The monoisotopic (exact) mass is 389 g/mol. The zero-order chi connectivity index (χ0) is 20.7. The molecule has 0 aromatic heterocycles. The highest BCUT2D eigenvalue weighted by Crippen LogP contribution is 2.33. The van der Waals surface area contributed by atoms with Gasteiger partial charge in [-0.05, 0) is 24.0 Å². The van der Waals surface area contributed by atoms with Crippen LogP contribution in [0.25, 0.3) is 0 Å². The number of hydrogen-bond donors (Lipinski definition) is 2. The molecule has 2 atom stereocenters. The Balaban J connectivity index is 1.95. The standard InChI is InChI=1S/C20H27N3O5/c1-4-13(2)15-7-5-6-8-16(15)23-11-14(9-19(23)26)20(27)28-12-18(25)22-10-17(24)21-3/h5-8,13-14H,4,9-12H2,1-3H3,(H,21,24)(H,22,25)/t13-,14+/m1/s1. The fourth-order valence-electron chi connectivity index (χ4n) is 3.04. The minimum atomic E-state index is -0.621. The normalized spacial score (nSPS) is 17.2. The third-order valence-corrected chi connectivity index (χ3v) is 4.90. The summed E-state index contributed by atoms with van der Waals surface area (Å²) in [6.45, 7) is 3.75. The van der Waals surface area contributed by atoms with Crippen molar-refractivity contribution >= 4 is 29.4 Å². The van der Waals surface area contributed by atoms with Gasteiger partial charge in [0.15, 0.2) is 6.61 Å². The lowest BCUT2D eigenvalue weighted by atomic mass is 9.96. The lowest BCUT2D eigenvalue weighted by Gasteiger charge is -2.23. The molecule has 1 saturated heterocycles. The maximum Gasteiger partial charge on any atom is 0.311 e. The van der Waals surface area contributed by atoms with Crippen LogP contribution in [0.5, 0.6) is 0 Å². The van der Waals surface area contributed by atoms with Gasteiger partial charge >= 0.3 is 5.97 Å². The van der Waals surface area contributed by atoms with E-state index in [1.54, 1.807) is 4.90 Å². The van der Waals surface area contributed by atoms with Gasteiger partial charge in [-0.15, -0.1) is 0 Å². The number of hydrogen-bond acceptors (Lipinski definition) is 5. The minimum absolute atomic E-state index is 0.0491. The number of amides is 3. The smallest absolute Gasteiger partial charge is 0.311 e. The van der Waals surface area contributed by atoms with E-state index < -0.39 is 24.4 Å². The van der Waals surface area contributed by atoms with Crippen LogP contribution >= 0.6 is 0 Å². The van der Waals surface area contributed by atoms with E-state index in [2.05, 4.69) is 24.5 Å². The van der Waals surface area contributed by atoms with Crippen molar-refractivity contribution in [2.75, 3.05) is 31.6 Å². The van der Waals surface area contributed by atoms with Crippen LogP contribution in [0.2, 0.25) is 0 Å². The number of carbonyl (C=O) groups is 4. The Bertz CT molecular complexity index is 749. The summed E-state index contributed by atoms with van der Waals surface area (Å²) in [5.74, 6) is -1.98. The molecule has 0 aliphatic carbocycles. The molecule has 152 valence electrons. The highest BCUT2D eigenvalue weighted by molar-refractivity contribution is 6.00. The molecule has 0 spiro atoms. The Morgan fingerprint density at radius 3 is 2.64 bits per heavy atom. The first kappa shape index (κ1) is 21.4. The first-order valence-corrected chi connectivity index (χ1v) is 9.40. The number of anilines is 1. The molecule has 2 N–H and O–H groups in total. The van der Waals surface area contributed by atoms with E-state index in [4.69, 9.17) is 4.74 Å². The first-order chi connectivity index (χ1) is 13.4. The minimum Gasteiger partial charge on any atom is -0.455 e. The average Bonchev–Trinajstić information content (AvgIpc) is 3.11. The molecule has 1 aromatic rings. The SMILES string of the molecule is CC[C@@H](C)c1ccccc1N1C[C@@H](C(=O)OCC(=O)NCC(=O)NC)CC1=O. The van der Waals surface area contributed by atoms with Crippen LogP contribution in [0, 0.1) is 5.92 Å². The second-order valence-corrected chi connectivity index (χ2v) is 6.83. The van der Waals surface area contributed by atoms with Gasteiger partial charge in [-0.25, -0.2) is 0 Å². The highest BCUT2D eigenvalue weighted by atomic mass is 16.5. The van der Waals surface area contributed by atoms with E-state index in [0.29, 0.717) is 5.92 Å². The van der Waals surface area contributed by atoms with Crippen molar-refractivity contribution in [3.63, 3.8) is 0 Å². The van der Waals surface area contributed by atoms with E-state index in [1.165, 1.54) is 7.05 Å². The van der Waals surface area contributed by atoms with Crippen molar-refractivity contribution in [2.24, 2.45) is 5.92 Å². The molecule has 1 heterocycles. The summed E-state index contributed by atoms with van der Waals surface area (Å²) < 4.78 is 5.02. The number of para-hydroxylation sites is 1. The van der Waals surface area contributed by atoms with Crippen molar-refractivity contribution in [3.05, 3.63) is 29.8 Å². The number of nitrogens with zero attached hydrogens (tertiary/aromatic N) is 1. The molecule has 8 nitrogen and oxygen atoms in total. The molecule has 28 heavy (non-hydrogen) atoms. The summed E-state index contributed by atoms with van der Waals surface area (Å²) in [6.07, 6.45) is 0.989. The molecule has 1 aromatic carbocycles. The van der Waals surface area contributed by atoms with Gasteiger partial charge in [0.25, 0.3) is 5.91 Å². The van der Waals surface area contributed by atoms with E-state index in [-0.39, 0.29) is 31.3 Å². The number of benzene rings is 1. The molecule has 0 saturated carbocycles. The number of carbonyl (C=O) groups excluding carboxylic acids is 4. The summed E-state index contributed by atoms with van der Waals surface area (Å²) in [5.41, 5.74) is 1.89. The molecule has 1 aliphatic heterocycles. The predicted molar refractivity (Wildman–Crippen MR) is 104 cm³/mol. The summed E-state index contributed by atoms with van der Waals surface area (Å²) in [4.78, 5) is 49.1. The largest absolute Gasteiger partial charge is 0.455 e. The Morgan fingerprint density at radius 2 is 1.96 bits per heavy atom. The maximum absolute atomic E-state index is 12.5. The Hall–Kier alpha value is -2.90.